The lowest BCUT2D eigenvalue weighted by atomic mass is 9.99. The molecule has 53 heavy (non-hydrogen) atoms. The molecule has 276 valence electrons. The average Bonchev–Trinajstić information content (AvgIpc) is 3.21. The van der Waals surface area contributed by atoms with Gasteiger partial charge in [-0.1, -0.05) is 152 Å². The minimum absolute atomic E-state index is 0.0587. The lowest BCUT2D eigenvalue weighted by Crippen LogP contribution is -2.55. The normalized spacial score (nSPS) is 14.0. The van der Waals surface area contributed by atoms with Gasteiger partial charge in [-0.15, -0.1) is 0 Å². The van der Waals surface area contributed by atoms with Gasteiger partial charge in [0.25, 0.3) is 5.91 Å². The van der Waals surface area contributed by atoms with Gasteiger partial charge in [-0.25, -0.2) is 0 Å². The molecule has 0 bridgehead atoms. The van der Waals surface area contributed by atoms with Crippen molar-refractivity contribution < 1.29 is 38.4 Å². The highest BCUT2D eigenvalue weighted by Crippen LogP contribution is 2.24. The number of ether oxygens (including phenoxy) is 5. The fourth-order valence-corrected chi connectivity index (χ4v) is 5.80. The van der Waals surface area contributed by atoms with E-state index in [1.165, 1.54) is 7.11 Å². The Labute approximate surface area is 311 Å². The van der Waals surface area contributed by atoms with Crippen molar-refractivity contribution in [3.05, 3.63) is 179 Å². The van der Waals surface area contributed by atoms with Crippen LogP contribution in [0.15, 0.2) is 152 Å². The summed E-state index contributed by atoms with van der Waals surface area (Å²) in [7, 11) is 1.31. The highest BCUT2D eigenvalue weighted by molar-refractivity contribution is 5.83. The lowest BCUT2D eigenvalue weighted by Gasteiger charge is -2.36. The van der Waals surface area contributed by atoms with Gasteiger partial charge >= 0.3 is 5.97 Å². The van der Waals surface area contributed by atoms with E-state index in [0.717, 1.165) is 22.3 Å². The zero-order chi connectivity index (χ0) is 37.1. The van der Waals surface area contributed by atoms with Crippen molar-refractivity contribution in [3.63, 3.8) is 0 Å². The van der Waals surface area contributed by atoms with Gasteiger partial charge in [0.1, 0.15) is 18.3 Å². The number of carbonyl (C=O) groups excluding carboxylic acids is 2. The van der Waals surface area contributed by atoms with E-state index in [1.807, 2.05) is 152 Å². The molecule has 9 heteroatoms. The van der Waals surface area contributed by atoms with Crippen LogP contribution >= 0.6 is 0 Å². The Bertz CT molecular complexity index is 1760. The first-order chi connectivity index (χ1) is 26.0. The minimum atomic E-state index is -1.31. The van der Waals surface area contributed by atoms with Crippen LogP contribution < -0.4 is 5.32 Å². The third-order valence-corrected chi connectivity index (χ3v) is 8.62. The molecule has 0 aliphatic heterocycles. The maximum Gasteiger partial charge on any atom is 0.307 e. The van der Waals surface area contributed by atoms with Crippen molar-refractivity contribution in [3.8, 4) is 0 Å². The van der Waals surface area contributed by atoms with Crippen molar-refractivity contribution >= 4 is 11.9 Å². The highest BCUT2D eigenvalue weighted by Gasteiger charge is 2.42. The van der Waals surface area contributed by atoms with Crippen LogP contribution in [0.2, 0.25) is 0 Å². The van der Waals surface area contributed by atoms with Gasteiger partial charge in [0.15, 0.2) is 6.10 Å². The van der Waals surface area contributed by atoms with Crippen LogP contribution in [-0.4, -0.2) is 55.1 Å². The van der Waals surface area contributed by atoms with Crippen LogP contribution in [0.4, 0.5) is 0 Å². The molecule has 0 saturated carbocycles. The van der Waals surface area contributed by atoms with Gasteiger partial charge in [0.2, 0.25) is 0 Å². The van der Waals surface area contributed by atoms with Crippen molar-refractivity contribution in [2.75, 3.05) is 13.7 Å². The quantitative estimate of drug-likeness (QED) is 0.0804. The summed E-state index contributed by atoms with van der Waals surface area (Å²) in [6.45, 7) is 0.426. The summed E-state index contributed by atoms with van der Waals surface area (Å²) < 4.78 is 30.6. The third-order valence-electron chi connectivity index (χ3n) is 8.62. The number of benzene rings is 5. The molecule has 5 aromatic carbocycles. The van der Waals surface area contributed by atoms with E-state index in [9.17, 15) is 14.7 Å². The first kappa shape index (κ1) is 39.1. The summed E-state index contributed by atoms with van der Waals surface area (Å²) in [5, 5.41) is 14.9. The van der Waals surface area contributed by atoms with Gasteiger partial charge in [0, 0.05) is 0 Å². The number of hydrogen-bond acceptors (Lipinski definition) is 8. The van der Waals surface area contributed by atoms with Crippen LogP contribution in [0, 0.1) is 0 Å². The fourth-order valence-electron chi connectivity index (χ4n) is 5.80. The molecule has 0 heterocycles. The summed E-state index contributed by atoms with van der Waals surface area (Å²) in [6, 6.07) is 46.7. The number of amides is 1. The van der Waals surface area contributed by atoms with E-state index in [4.69, 9.17) is 23.7 Å². The molecule has 0 aliphatic carbocycles. The number of carbonyl (C=O) groups is 2. The zero-order valence-electron chi connectivity index (χ0n) is 29.9. The number of aliphatic hydroxyl groups is 1. The molecule has 0 saturated heterocycles. The predicted octanol–water partition coefficient (Wildman–Crippen LogP) is 6.74. The number of nitrogens with one attached hydrogen (secondary N) is 1. The molecule has 1 unspecified atom stereocenters. The summed E-state index contributed by atoms with van der Waals surface area (Å²) in [4.78, 5) is 27.2. The van der Waals surface area contributed by atoms with E-state index in [2.05, 4.69) is 5.32 Å². The first-order valence-electron chi connectivity index (χ1n) is 17.7. The number of methoxy groups -OCH3 is 1. The van der Waals surface area contributed by atoms with Gasteiger partial charge in [-0.3, -0.25) is 9.59 Å². The second-order valence-electron chi connectivity index (χ2n) is 12.6. The standard InChI is InChI=1S/C44H47NO8/c1-49-40(47)27-38(37-25-15-6-16-26-37)45-44(48)43(53-31-36-23-13-5-14-24-36)42(52-30-35-21-11-4-12-22-35)41(51-29-34-19-9-3-10-20-34)39(46)32-50-28-33-17-7-2-8-18-33/h2-26,38-39,41-43,46H,27-32H2,1H3,(H,45,48)/t38-,39+,41-,42?,43+/m0/s1. The van der Waals surface area contributed by atoms with E-state index in [0.29, 0.717) is 5.56 Å². The molecule has 1 amide bonds. The molecular weight excluding hydrogens is 670 g/mol. The monoisotopic (exact) mass is 717 g/mol. The molecule has 2 N–H and O–H groups in total. The molecule has 9 nitrogen and oxygen atoms in total. The first-order valence-corrected chi connectivity index (χ1v) is 17.7. The minimum Gasteiger partial charge on any atom is -0.469 e. The third kappa shape index (κ3) is 12.8. The van der Waals surface area contributed by atoms with Gasteiger partial charge < -0.3 is 34.1 Å². The van der Waals surface area contributed by atoms with Crippen LogP contribution in [-0.2, 0) is 59.7 Å². The van der Waals surface area contributed by atoms with Crippen molar-refractivity contribution in [1.29, 1.82) is 0 Å². The predicted molar refractivity (Wildman–Crippen MR) is 201 cm³/mol. The van der Waals surface area contributed by atoms with Crippen LogP contribution in [0.1, 0.15) is 40.3 Å². The highest BCUT2D eigenvalue weighted by atomic mass is 16.6. The second kappa shape index (κ2) is 21.4. The average molecular weight is 718 g/mol. The second-order valence-corrected chi connectivity index (χ2v) is 12.6. The maximum atomic E-state index is 14.6. The lowest BCUT2D eigenvalue weighted by molar-refractivity contribution is -0.191. The zero-order valence-corrected chi connectivity index (χ0v) is 29.9. The van der Waals surface area contributed by atoms with Crippen molar-refractivity contribution in [2.24, 2.45) is 0 Å². The smallest absolute Gasteiger partial charge is 0.307 e. The summed E-state index contributed by atoms with van der Waals surface area (Å²) in [5.74, 6) is -1.05. The van der Waals surface area contributed by atoms with Gasteiger partial charge in [-0.2, -0.15) is 0 Å². The summed E-state index contributed by atoms with van der Waals surface area (Å²) in [5.41, 5.74) is 4.20. The van der Waals surface area contributed by atoms with E-state index >= 15 is 0 Å². The van der Waals surface area contributed by atoms with Crippen LogP contribution in [0.3, 0.4) is 0 Å². The number of esters is 1. The van der Waals surface area contributed by atoms with Crippen molar-refractivity contribution in [2.45, 2.75) is 63.3 Å². The van der Waals surface area contributed by atoms with Crippen molar-refractivity contribution in [1.82, 2.24) is 5.32 Å². The SMILES string of the molecule is COC(=O)C[C@H](NC(=O)[C@H](OCc1ccccc1)C(OCc1ccccc1)[C@@H](OCc1ccccc1)[C@H](O)COCc1ccccc1)c1ccccc1. The van der Waals surface area contributed by atoms with Gasteiger partial charge in [-0.05, 0) is 27.8 Å². The summed E-state index contributed by atoms with van der Waals surface area (Å²) >= 11 is 0. The molecule has 5 aromatic rings. The summed E-state index contributed by atoms with van der Waals surface area (Å²) in [6.07, 6.45) is -4.91. The molecule has 5 rings (SSSR count). The Morgan fingerprint density at radius 3 is 1.45 bits per heavy atom. The Morgan fingerprint density at radius 1 is 0.566 bits per heavy atom. The molecule has 0 aliphatic rings. The Kier molecular flexibility index (Phi) is 15.8. The molecule has 0 spiro atoms. The number of hydrogen-bond donors (Lipinski definition) is 2. The van der Waals surface area contributed by atoms with E-state index in [-0.39, 0.29) is 39.5 Å². The molecular formula is C44H47NO8. The van der Waals surface area contributed by atoms with E-state index in [1.54, 1.807) is 0 Å². The van der Waals surface area contributed by atoms with E-state index < -0.39 is 42.3 Å². The Balaban J connectivity index is 1.50. The molecule has 0 fully saturated rings. The fraction of sp³-hybridized carbons (Fsp3) is 0.273. The Morgan fingerprint density at radius 2 is 0.981 bits per heavy atom. The molecule has 0 radical (unpaired) electrons. The van der Waals surface area contributed by atoms with Gasteiger partial charge in [0.05, 0.1) is 52.6 Å². The topological polar surface area (TPSA) is 113 Å². The van der Waals surface area contributed by atoms with Crippen LogP contribution in [0.25, 0.3) is 0 Å². The maximum absolute atomic E-state index is 14.6. The number of aliphatic hydroxyl groups excluding tert-OH is 1. The Hall–Kier alpha value is -5.16. The molecule has 5 atom stereocenters. The van der Waals surface area contributed by atoms with Crippen LogP contribution in [0.5, 0.6) is 0 Å². The number of rotatable bonds is 21. The molecule has 0 aromatic heterocycles. The largest absolute Gasteiger partial charge is 0.469 e.